The number of rotatable bonds is 1. The molecular formula is C9H11ClN2. The second-order valence-corrected chi connectivity index (χ2v) is 3.72. The van der Waals surface area contributed by atoms with Crippen LogP contribution in [0.1, 0.15) is 11.5 Å². The first-order chi connectivity index (χ1) is 5.75. The molecule has 1 saturated heterocycles. The summed E-state index contributed by atoms with van der Waals surface area (Å²) in [4.78, 5) is 6.24. The van der Waals surface area contributed by atoms with Crippen molar-refractivity contribution in [2.75, 3.05) is 20.1 Å². The van der Waals surface area contributed by atoms with Gasteiger partial charge in [-0.15, -0.1) is 0 Å². The summed E-state index contributed by atoms with van der Waals surface area (Å²) in [6.45, 7) is 2.28. The summed E-state index contributed by atoms with van der Waals surface area (Å²) in [6, 6.07) is 4.00. The third-order valence-corrected chi connectivity index (χ3v) is 2.49. The highest BCUT2D eigenvalue weighted by Crippen LogP contribution is 2.26. The third-order valence-electron chi connectivity index (χ3n) is 2.29. The van der Waals surface area contributed by atoms with Crippen LogP contribution in [0.5, 0.6) is 0 Å². The first-order valence-corrected chi connectivity index (χ1v) is 4.43. The molecule has 3 heteroatoms. The molecule has 0 saturated carbocycles. The van der Waals surface area contributed by atoms with Gasteiger partial charge in [0.05, 0.1) is 0 Å². The number of hydrogen-bond donors (Lipinski definition) is 0. The lowest BCUT2D eigenvalue weighted by atomic mass is 9.93. The van der Waals surface area contributed by atoms with Crippen LogP contribution in [-0.4, -0.2) is 30.0 Å². The van der Waals surface area contributed by atoms with Crippen LogP contribution in [0.4, 0.5) is 0 Å². The molecule has 0 aromatic carbocycles. The topological polar surface area (TPSA) is 16.1 Å². The molecule has 12 heavy (non-hydrogen) atoms. The fourth-order valence-electron chi connectivity index (χ4n) is 1.58. The Morgan fingerprint density at radius 3 is 2.92 bits per heavy atom. The van der Waals surface area contributed by atoms with E-state index in [-0.39, 0.29) is 0 Å². The van der Waals surface area contributed by atoms with E-state index in [4.69, 9.17) is 11.6 Å². The monoisotopic (exact) mass is 182 g/mol. The number of likely N-dealkylation sites (N-methyl/N-ethyl adjacent to an activating group) is 1. The Labute approximate surface area is 77.2 Å². The molecule has 0 N–H and O–H groups in total. The maximum absolute atomic E-state index is 5.78. The summed E-state index contributed by atoms with van der Waals surface area (Å²) in [5, 5.41) is 0.599. The quantitative estimate of drug-likeness (QED) is 0.616. The molecule has 0 atom stereocenters. The van der Waals surface area contributed by atoms with Gasteiger partial charge in [0.2, 0.25) is 0 Å². The van der Waals surface area contributed by atoms with Crippen molar-refractivity contribution in [2.24, 2.45) is 0 Å². The normalized spacial score (nSPS) is 19.2. The van der Waals surface area contributed by atoms with E-state index >= 15 is 0 Å². The number of aromatic nitrogens is 1. The van der Waals surface area contributed by atoms with Crippen molar-refractivity contribution in [3.8, 4) is 0 Å². The van der Waals surface area contributed by atoms with E-state index in [1.54, 1.807) is 6.20 Å². The van der Waals surface area contributed by atoms with Crippen molar-refractivity contribution in [3.05, 3.63) is 29.0 Å². The Hall–Kier alpha value is -0.600. The molecule has 0 radical (unpaired) electrons. The zero-order valence-corrected chi connectivity index (χ0v) is 7.75. The second kappa shape index (κ2) is 3.04. The predicted molar refractivity (Wildman–Crippen MR) is 49.5 cm³/mol. The van der Waals surface area contributed by atoms with Crippen molar-refractivity contribution in [1.82, 2.24) is 9.88 Å². The van der Waals surface area contributed by atoms with Gasteiger partial charge in [-0.2, -0.15) is 0 Å². The van der Waals surface area contributed by atoms with Crippen LogP contribution >= 0.6 is 11.6 Å². The summed E-state index contributed by atoms with van der Waals surface area (Å²) in [5.41, 5.74) is 1.31. The van der Waals surface area contributed by atoms with Gasteiger partial charge in [-0.3, -0.25) is 0 Å². The summed E-state index contributed by atoms with van der Waals surface area (Å²) >= 11 is 5.78. The minimum atomic E-state index is 0.599. The van der Waals surface area contributed by atoms with Crippen LogP contribution in [0.2, 0.25) is 5.15 Å². The molecule has 0 bridgehead atoms. The molecule has 1 aromatic rings. The third kappa shape index (κ3) is 1.45. The number of hydrogen-bond acceptors (Lipinski definition) is 2. The Kier molecular flexibility index (Phi) is 2.03. The number of nitrogens with zero attached hydrogens (tertiary/aromatic N) is 2. The molecule has 2 nitrogen and oxygen atoms in total. The summed E-state index contributed by atoms with van der Waals surface area (Å²) < 4.78 is 0. The smallest absolute Gasteiger partial charge is 0.129 e. The number of halogens is 1. The molecule has 1 aliphatic rings. The Morgan fingerprint density at radius 2 is 2.33 bits per heavy atom. The predicted octanol–water partition coefficient (Wildman–Crippen LogP) is 1.76. The fourth-order valence-corrected chi connectivity index (χ4v) is 1.76. The van der Waals surface area contributed by atoms with Crippen molar-refractivity contribution in [2.45, 2.75) is 5.92 Å². The van der Waals surface area contributed by atoms with Gasteiger partial charge in [0.1, 0.15) is 5.15 Å². The van der Waals surface area contributed by atoms with Gasteiger partial charge in [-0.1, -0.05) is 11.6 Å². The average Bonchev–Trinajstić information content (AvgIpc) is 1.99. The molecule has 64 valence electrons. The highest BCUT2D eigenvalue weighted by atomic mass is 35.5. The van der Waals surface area contributed by atoms with Crippen LogP contribution in [-0.2, 0) is 0 Å². The molecule has 1 aromatic heterocycles. The van der Waals surface area contributed by atoms with Crippen LogP contribution in [0.3, 0.4) is 0 Å². The summed E-state index contributed by atoms with van der Waals surface area (Å²) in [7, 11) is 2.12. The van der Waals surface area contributed by atoms with Gasteiger partial charge >= 0.3 is 0 Å². The second-order valence-electron chi connectivity index (χ2n) is 3.33. The zero-order chi connectivity index (χ0) is 8.55. The van der Waals surface area contributed by atoms with Crippen molar-refractivity contribution >= 4 is 11.6 Å². The molecule has 2 heterocycles. The van der Waals surface area contributed by atoms with E-state index in [2.05, 4.69) is 16.9 Å². The fraction of sp³-hybridized carbons (Fsp3) is 0.444. The van der Waals surface area contributed by atoms with E-state index in [9.17, 15) is 0 Å². The number of likely N-dealkylation sites (tertiary alicyclic amines) is 1. The zero-order valence-electron chi connectivity index (χ0n) is 7.00. The lowest BCUT2D eigenvalue weighted by molar-refractivity contribution is 0.189. The van der Waals surface area contributed by atoms with Gasteiger partial charge in [0, 0.05) is 25.2 Å². The van der Waals surface area contributed by atoms with Gasteiger partial charge < -0.3 is 4.90 Å². The SMILES string of the molecule is CN1CC(c2ccnc(Cl)c2)C1. The largest absolute Gasteiger partial charge is 0.305 e. The Bertz CT molecular complexity index is 282. The van der Waals surface area contributed by atoms with Gasteiger partial charge in [-0.05, 0) is 24.7 Å². The maximum atomic E-state index is 5.78. The van der Waals surface area contributed by atoms with E-state index in [1.165, 1.54) is 5.56 Å². The van der Waals surface area contributed by atoms with Crippen molar-refractivity contribution in [1.29, 1.82) is 0 Å². The molecule has 0 spiro atoms. The Balaban J connectivity index is 2.13. The summed E-state index contributed by atoms with van der Waals surface area (Å²) in [5.74, 6) is 0.662. The summed E-state index contributed by atoms with van der Waals surface area (Å²) in [6.07, 6.45) is 1.77. The molecule has 1 aliphatic heterocycles. The highest BCUT2D eigenvalue weighted by molar-refractivity contribution is 6.29. The van der Waals surface area contributed by atoms with E-state index in [0.717, 1.165) is 13.1 Å². The standard InChI is InChI=1S/C9H11ClN2/c1-12-5-8(6-12)7-2-3-11-9(10)4-7/h2-4,8H,5-6H2,1H3. The van der Waals surface area contributed by atoms with Crippen molar-refractivity contribution < 1.29 is 0 Å². The first kappa shape index (κ1) is 8.02. The molecule has 1 fully saturated rings. The van der Waals surface area contributed by atoms with Crippen molar-refractivity contribution in [3.63, 3.8) is 0 Å². The molecule has 0 aliphatic carbocycles. The lowest BCUT2D eigenvalue weighted by Crippen LogP contribution is -2.41. The highest BCUT2D eigenvalue weighted by Gasteiger charge is 2.24. The van der Waals surface area contributed by atoms with Gasteiger partial charge in [0.25, 0.3) is 0 Å². The molecule has 2 rings (SSSR count). The number of pyridine rings is 1. The van der Waals surface area contributed by atoms with Crippen LogP contribution in [0.15, 0.2) is 18.3 Å². The minimum absolute atomic E-state index is 0.599. The average molecular weight is 183 g/mol. The molecule has 0 amide bonds. The van der Waals surface area contributed by atoms with Crippen LogP contribution < -0.4 is 0 Å². The molecule has 0 unspecified atom stereocenters. The van der Waals surface area contributed by atoms with Crippen LogP contribution in [0, 0.1) is 0 Å². The first-order valence-electron chi connectivity index (χ1n) is 4.05. The van der Waals surface area contributed by atoms with Gasteiger partial charge in [0.15, 0.2) is 0 Å². The molecular weight excluding hydrogens is 172 g/mol. The van der Waals surface area contributed by atoms with E-state index < -0.39 is 0 Å². The van der Waals surface area contributed by atoms with Gasteiger partial charge in [-0.25, -0.2) is 4.98 Å². The maximum Gasteiger partial charge on any atom is 0.129 e. The van der Waals surface area contributed by atoms with E-state index in [1.807, 2.05) is 12.1 Å². The lowest BCUT2D eigenvalue weighted by Gasteiger charge is -2.36. The Morgan fingerprint density at radius 1 is 1.58 bits per heavy atom. The van der Waals surface area contributed by atoms with E-state index in [0.29, 0.717) is 11.1 Å². The van der Waals surface area contributed by atoms with Crippen LogP contribution in [0.25, 0.3) is 0 Å². The minimum Gasteiger partial charge on any atom is -0.305 e.